The standard InChI is InChI=1S/C40H41N5O8/c1-40(2,3)53-39(50)42-23-11-14-44(21-23)30-10-9-26-33-37(30)52-32-20-28-27(34(46)24-7-4-5-8-25(24)35(28)47)19-31(32)45(33)22-29(36(26)48)38(49)41-12-6-13-43-15-17-51-18-16-43/h4-5,7-10,19-20,22-23H,6,11-18,21H2,1-3H3,(H,41,49)(H,42,50). The summed E-state index contributed by atoms with van der Waals surface area (Å²) >= 11 is 0. The molecular weight excluding hydrogens is 678 g/mol. The van der Waals surface area contributed by atoms with E-state index in [0.717, 1.165) is 19.6 Å². The van der Waals surface area contributed by atoms with E-state index >= 15 is 0 Å². The molecule has 2 aliphatic rings. The molecule has 6 aromatic rings. The zero-order valence-electron chi connectivity index (χ0n) is 30.0. The van der Waals surface area contributed by atoms with Crippen molar-refractivity contribution < 1.29 is 23.5 Å². The molecule has 2 fully saturated rings. The van der Waals surface area contributed by atoms with Gasteiger partial charge in [0.1, 0.15) is 16.7 Å². The van der Waals surface area contributed by atoms with Crippen LogP contribution in [0.2, 0.25) is 0 Å². The first-order valence-corrected chi connectivity index (χ1v) is 18.1. The Balaban J connectivity index is 1.24. The van der Waals surface area contributed by atoms with Gasteiger partial charge in [-0.25, -0.2) is 4.79 Å². The minimum Gasteiger partial charge on any atom is -0.451 e. The predicted molar refractivity (Wildman–Crippen MR) is 204 cm³/mol. The summed E-state index contributed by atoms with van der Waals surface area (Å²) in [6.07, 6.45) is 2.36. The summed E-state index contributed by atoms with van der Waals surface area (Å²) in [7, 11) is 0. The molecule has 53 heavy (non-hydrogen) atoms. The van der Waals surface area contributed by atoms with Crippen molar-refractivity contribution >= 4 is 66.8 Å². The molecule has 0 radical (unpaired) electrons. The van der Waals surface area contributed by atoms with E-state index in [9.17, 15) is 24.0 Å². The molecule has 1 atom stereocenters. The van der Waals surface area contributed by atoms with Crippen LogP contribution in [0, 0.1) is 0 Å². The van der Waals surface area contributed by atoms with Gasteiger partial charge in [0.25, 0.3) is 5.91 Å². The molecule has 1 unspecified atom stereocenters. The number of hydrogen-bond donors (Lipinski definition) is 2. The number of carbonyl (C=O) groups is 2. The van der Waals surface area contributed by atoms with Crippen molar-refractivity contribution in [3.8, 4) is 0 Å². The zero-order chi connectivity index (χ0) is 37.0. The molecule has 13 nitrogen and oxygen atoms in total. The number of nitrogens with one attached hydrogen (secondary N) is 2. The second-order valence-electron chi connectivity index (χ2n) is 14.9. The van der Waals surface area contributed by atoms with Gasteiger partial charge in [0.2, 0.25) is 5.43 Å². The summed E-state index contributed by atoms with van der Waals surface area (Å²) in [5.41, 5.74) is 0.471. The fraction of sp³-hybridized carbons (Fsp3) is 0.375. The van der Waals surface area contributed by atoms with Crippen LogP contribution in [0.15, 0.2) is 73.5 Å². The maximum Gasteiger partial charge on any atom is 0.407 e. The Morgan fingerprint density at radius 3 is 2.32 bits per heavy atom. The molecule has 0 saturated carbocycles. The van der Waals surface area contributed by atoms with Gasteiger partial charge in [-0.3, -0.25) is 24.1 Å². The molecule has 2 N–H and O–H groups in total. The molecule has 2 saturated heterocycles. The third-order valence-corrected chi connectivity index (χ3v) is 10.1. The third-order valence-electron chi connectivity index (χ3n) is 10.1. The maximum absolute atomic E-state index is 14.1. The van der Waals surface area contributed by atoms with E-state index in [2.05, 4.69) is 20.4 Å². The van der Waals surface area contributed by atoms with Crippen molar-refractivity contribution in [1.29, 1.82) is 0 Å². The van der Waals surface area contributed by atoms with Gasteiger partial charge in [-0.1, -0.05) is 24.3 Å². The summed E-state index contributed by atoms with van der Waals surface area (Å²) < 4.78 is 19.2. The van der Waals surface area contributed by atoms with Crippen LogP contribution < -0.4 is 31.8 Å². The van der Waals surface area contributed by atoms with Crippen LogP contribution >= 0.6 is 0 Å². The molecule has 0 spiro atoms. The van der Waals surface area contributed by atoms with E-state index < -0.39 is 23.0 Å². The van der Waals surface area contributed by atoms with Crippen molar-refractivity contribution in [3.05, 3.63) is 91.0 Å². The minimum atomic E-state index is -0.637. The highest BCUT2D eigenvalue weighted by molar-refractivity contribution is 6.08. The Labute approximate surface area is 303 Å². The highest BCUT2D eigenvalue weighted by Gasteiger charge is 2.30. The molecule has 8 rings (SSSR count). The summed E-state index contributed by atoms with van der Waals surface area (Å²) in [4.78, 5) is 72.1. The van der Waals surface area contributed by atoms with Crippen LogP contribution in [-0.4, -0.2) is 85.4 Å². The van der Waals surface area contributed by atoms with E-state index in [1.807, 2.05) is 20.8 Å². The fourth-order valence-corrected chi connectivity index (χ4v) is 7.57. The van der Waals surface area contributed by atoms with E-state index in [0.29, 0.717) is 84.3 Å². The number of amides is 2. The van der Waals surface area contributed by atoms with Gasteiger partial charge >= 0.3 is 6.09 Å². The van der Waals surface area contributed by atoms with Crippen LogP contribution in [0.3, 0.4) is 0 Å². The molecule has 2 amide bonds. The van der Waals surface area contributed by atoms with E-state index in [1.165, 1.54) is 6.20 Å². The first kappa shape index (κ1) is 34.6. The number of hydrogen-bond acceptors (Lipinski definition) is 10. The van der Waals surface area contributed by atoms with Gasteiger partial charge in [0.15, 0.2) is 22.0 Å². The van der Waals surface area contributed by atoms with Crippen LogP contribution in [0.25, 0.3) is 49.1 Å². The van der Waals surface area contributed by atoms with Gasteiger partial charge in [0, 0.05) is 60.5 Å². The van der Waals surface area contributed by atoms with Gasteiger partial charge in [0.05, 0.1) is 35.8 Å². The minimum absolute atomic E-state index is 0.0521. The summed E-state index contributed by atoms with van der Waals surface area (Å²) in [6.45, 7) is 10.7. The number of aromatic nitrogens is 1. The van der Waals surface area contributed by atoms with Crippen molar-refractivity contribution in [2.45, 2.75) is 45.3 Å². The number of fused-ring (bicyclic) bond motifs is 4. The lowest BCUT2D eigenvalue weighted by molar-refractivity contribution is 0.0374. The largest absolute Gasteiger partial charge is 0.451 e. The Kier molecular flexibility index (Phi) is 8.78. The average Bonchev–Trinajstić information content (AvgIpc) is 3.60. The predicted octanol–water partition coefficient (Wildman–Crippen LogP) is 4.22. The number of alkyl carbamates (subject to hydrolysis) is 1. The van der Waals surface area contributed by atoms with Crippen molar-refractivity contribution in [2.75, 3.05) is 57.4 Å². The van der Waals surface area contributed by atoms with Crippen molar-refractivity contribution in [2.24, 2.45) is 0 Å². The summed E-state index contributed by atoms with van der Waals surface area (Å²) in [5, 5.41) is 7.20. The van der Waals surface area contributed by atoms with Gasteiger partial charge in [-0.05, 0) is 64.4 Å². The molecule has 0 bridgehead atoms. The smallest absolute Gasteiger partial charge is 0.407 e. The lowest BCUT2D eigenvalue weighted by atomic mass is 10.0. The maximum atomic E-state index is 14.1. The monoisotopic (exact) mass is 719 g/mol. The lowest BCUT2D eigenvalue weighted by Crippen LogP contribution is -2.40. The van der Waals surface area contributed by atoms with E-state index in [1.54, 1.807) is 52.9 Å². The molecule has 13 heteroatoms. The number of morpholine rings is 1. The summed E-state index contributed by atoms with van der Waals surface area (Å²) in [6, 6.07) is 13.2. The molecular formula is C40H41N5O8. The van der Waals surface area contributed by atoms with Crippen LogP contribution in [0.1, 0.15) is 44.0 Å². The van der Waals surface area contributed by atoms with Crippen LogP contribution in [0.5, 0.6) is 0 Å². The second-order valence-corrected chi connectivity index (χ2v) is 14.9. The number of nitrogens with zero attached hydrogens (tertiary/aromatic N) is 3. The number of rotatable bonds is 7. The average molecular weight is 720 g/mol. The topological polar surface area (TPSA) is 152 Å². The molecule has 4 heterocycles. The molecule has 0 aliphatic carbocycles. The molecule has 2 aliphatic heterocycles. The second kappa shape index (κ2) is 13.5. The Hall–Kier alpha value is -5.53. The Bertz CT molecular complexity index is 2600. The lowest BCUT2D eigenvalue weighted by Gasteiger charge is -2.26. The highest BCUT2D eigenvalue weighted by atomic mass is 16.6. The van der Waals surface area contributed by atoms with E-state index in [4.69, 9.17) is 13.9 Å². The van der Waals surface area contributed by atoms with Gasteiger partial charge in [-0.2, -0.15) is 0 Å². The SMILES string of the molecule is CC(C)(C)OC(=O)NC1CCN(c2ccc3c(=O)c(C(=O)NCCCN4CCOCC4)cn4c5cc6c(=O)c7ccccc7c(=O)c6cc5oc2c34)C1. The highest BCUT2D eigenvalue weighted by Crippen LogP contribution is 2.36. The first-order valence-electron chi connectivity index (χ1n) is 18.1. The normalized spacial score (nSPS) is 17.0. The van der Waals surface area contributed by atoms with Crippen molar-refractivity contribution in [3.63, 3.8) is 0 Å². The van der Waals surface area contributed by atoms with Crippen LogP contribution in [0.4, 0.5) is 10.5 Å². The number of carbonyl (C=O) groups excluding carboxylic acids is 2. The van der Waals surface area contributed by atoms with Gasteiger partial charge < -0.3 is 33.8 Å². The number of pyridine rings is 1. The number of benzene rings is 4. The van der Waals surface area contributed by atoms with Crippen LogP contribution in [-0.2, 0) is 9.47 Å². The fourth-order valence-electron chi connectivity index (χ4n) is 7.57. The van der Waals surface area contributed by atoms with Gasteiger partial charge in [-0.15, -0.1) is 0 Å². The van der Waals surface area contributed by atoms with E-state index in [-0.39, 0.29) is 38.6 Å². The Morgan fingerprint density at radius 2 is 1.60 bits per heavy atom. The molecule has 4 aromatic carbocycles. The van der Waals surface area contributed by atoms with Crippen molar-refractivity contribution in [1.82, 2.24) is 19.9 Å². The Morgan fingerprint density at radius 1 is 0.887 bits per heavy atom. The quantitative estimate of drug-likeness (QED) is 0.139. The molecule has 274 valence electrons. The zero-order valence-corrected chi connectivity index (χ0v) is 30.0. The first-order chi connectivity index (χ1) is 25.5. The number of ether oxygens (including phenoxy) is 2. The summed E-state index contributed by atoms with van der Waals surface area (Å²) in [5.74, 6) is -0.505. The number of anilines is 1. The molecule has 2 aromatic heterocycles. The third kappa shape index (κ3) is 6.44.